The van der Waals surface area contributed by atoms with Crippen LogP contribution in [0.1, 0.15) is 11.8 Å². The lowest BCUT2D eigenvalue weighted by Gasteiger charge is -2.33. The lowest BCUT2D eigenvalue weighted by Crippen LogP contribution is -2.58. The Morgan fingerprint density at radius 3 is 2.91 bits per heavy atom. The Balaban J connectivity index is 1.67. The molecular weight excluding hydrogens is 300 g/mol. The number of benzene rings is 1. The van der Waals surface area contributed by atoms with Crippen molar-refractivity contribution in [3.63, 3.8) is 0 Å². The molecule has 2 N–H and O–H groups in total. The van der Waals surface area contributed by atoms with Gasteiger partial charge in [0.05, 0.1) is 5.69 Å². The number of para-hydroxylation sites is 2. The molecule has 0 aliphatic carbocycles. The van der Waals surface area contributed by atoms with E-state index in [2.05, 4.69) is 10.6 Å². The van der Waals surface area contributed by atoms with Gasteiger partial charge >= 0.3 is 0 Å². The smallest absolute Gasteiger partial charge is 0.278 e. The minimum absolute atomic E-state index is 0.434. The SMILES string of the molecule is C[C@]1(C(=O)NCCc2cccs2)Oc2ccccc2NC1=O. The number of fused-ring (bicyclic) bond motifs is 1. The molecule has 1 aromatic heterocycles. The Bertz CT molecular complexity index is 699. The predicted octanol–water partition coefficient (Wildman–Crippen LogP) is 2.20. The predicted molar refractivity (Wildman–Crippen MR) is 85.1 cm³/mol. The van der Waals surface area contributed by atoms with Gasteiger partial charge in [-0.3, -0.25) is 9.59 Å². The molecule has 2 amide bonds. The van der Waals surface area contributed by atoms with Crippen LogP contribution >= 0.6 is 11.3 Å². The molecule has 1 aliphatic heterocycles. The minimum Gasteiger partial charge on any atom is -0.466 e. The first-order valence-electron chi connectivity index (χ1n) is 7.00. The normalized spacial score (nSPS) is 19.8. The fraction of sp³-hybridized carbons (Fsp3) is 0.250. The highest BCUT2D eigenvalue weighted by Gasteiger charge is 2.46. The second-order valence-corrected chi connectivity index (χ2v) is 6.20. The first-order chi connectivity index (χ1) is 10.6. The molecule has 6 heteroatoms. The van der Waals surface area contributed by atoms with Crippen molar-refractivity contribution in [3.8, 4) is 5.75 Å². The van der Waals surface area contributed by atoms with Gasteiger partial charge in [0.25, 0.3) is 17.4 Å². The summed E-state index contributed by atoms with van der Waals surface area (Å²) in [5.41, 5.74) is -0.972. The maximum Gasteiger partial charge on any atom is 0.278 e. The Hall–Kier alpha value is -2.34. The molecule has 0 spiro atoms. The Morgan fingerprint density at radius 1 is 1.32 bits per heavy atom. The number of ether oxygens (including phenoxy) is 1. The number of amides is 2. The van der Waals surface area contributed by atoms with E-state index in [0.717, 1.165) is 6.42 Å². The van der Waals surface area contributed by atoms with E-state index >= 15 is 0 Å². The van der Waals surface area contributed by atoms with E-state index in [1.165, 1.54) is 11.8 Å². The van der Waals surface area contributed by atoms with Crippen molar-refractivity contribution in [2.24, 2.45) is 0 Å². The highest BCUT2D eigenvalue weighted by molar-refractivity contribution is 7.09. The molecular formula is C16H16N2O3S. The van der Waals surface area contributed by atoms with Gasteiger partial charge in [-0.1, -0.05) is 18.2 Å². The van der Waals surface area contributed by atoms with Gasteiger partial charge in [-0.2, -0.15) is 0 Å². The van der Waals surface area contributed by atoms with Gasteiger partial charge in [0.15, 0.2) is 0 Å². The number of anilines is 1. The topological polar surface area (TPSA) is 67.4 Å². The van der Waals surface area contributed by atoms with Gasteiger partial charge in [0.2, 0.25) is 0 Å². The van der Waals surface area contributed by atoms with Crippen molar-refractivity contribution >= 4 is 28.8 Å². The maximum atomic E-state index is 12.4. The summed E-state index contributed by atoms with van der Waals surface area (Å²) < 4.78 is 5.66. The van der Waals surface area contributed by atoms with Crippen LogP contribution in [0, 0.1) is 0 Å². The molecule has 2 aromatic rings. The Morgan fingerprint density at radius 2 is 2.14 bits per heavy atom. The molecule has 2 heterocycles. The van der Waals surface area contributed by atoms with Crippen molar-refractivity contribution in [3.05, 3.63) is 46.7 Å². The van der Waals surface area contributed by atoms with Crippen LogP contribution in [0.2, 0.25) is 0 Å². The molecule has 0 fully saturated rings. The highest BCUT2D eigenvalue weighted by Crippen LogP contribution is 2.33. The van der Waals surface area contributed by atoms with Crippen LogP contribution in [0.4, 0.5) is 5.69 Å². The van der Waals surface area contributed by atoms with Crippen LogP contribution in [0.5, 0.6) is 5.75 Å². The number of carbonyl (C=O) groups is 2. The number of nitrogens with one attached hydrogen (secondary N) is 2. The molecule has 1 aliphatic rings. The number of hydrogen-bond donors (Lipinski definition) is 2. The van der Waals surface area contributed by atoms with Crippen molar-refractivity contribution in [2.45, 2.75) is 18.9 Å². The summed E-state index contributed by atoms with van der Waals surface area (Å²) in [6.45, 7) is 1.95. The van der Waals surface area contributed by atoms with Crippen molar-refractivity contribution < 1.29 is 14.3 Å². The zero-order valence-electron chi connectivity index (χ0n) is 12.1. The zero-order chi connectivity index (χ0) is 15.6. The summed E-state index contributed by atoms with van der Waals surface area (Å²) >= 11 is 1.64. The summed E-state index contributed by atoms with van der Waals surface area (Å²) in [6.07, 6.45) is 0.734. The van der Waals surface area contributed by atoms with Crippen LogP contribution in [-0.2, 0) is 16.0 Å². The fourth-order valence-corrected chi connectivity index (χ4v) is 2.95. The third-order valence-corrected chi connectivity index (χ3v) is 4.49. The van der Waals surface area contributed by atoms with Crippen LogP contribution in [0.3, 0.4) is 0 Å². The zero-order valence-corrected chi connectivity index (χ0v) is 12.9. The monoisotopic (exact) mass is 316 g/mol. The van der Waals surface area contributed by atoms with Crippen LogP contribution in [-0.4, -0.2) is 24.0 Å². The third kappa shape index (κ3) is 2.69. The minimum atomic E-state index is -1.55. The lowest BCUT2D eigenvalue weighted by atomic mass is 10.0. The van der Waals surface area contributed by atoms with Gasteiger partial charge in [-0.15, -0.1) is 11.3 Å². The van der Waals surface area contributed by atoms with E-state index in [9.17, 15) is 9.59 Å². The Kier molecular flexibility index (Phi) is 3.85. The summed E-state index contributed by atoms with van der Waals surface area (Å²) in [6, 6.07) is 11.0. The summed E-state index contributed by atoms with van der Waals surface area (Å²) in [5, 5.41) is 7.48. The van der Waals surface area contributed by atoms with Crippen LogP contribution in [0.25, 0.3) is 0 Å². The number of thiophene rings is 1. The van der Waals surface area contributed by atoms with E-state index in [-0.39, 0.29) is 0 Å². The van der Waals surface area contributed by atoms with E-state index in [0.29, 0.717) is 18.0 Å². The summed E-state index contributed by atoms with van der Waals surface area (Å²) in [7, 11) is 0. The second-order valence-electron chi connectivity index (χ2n) is 5.17. The van der Waals surface area contributed by atoms with E-state index in [1.54, 1.807) is 35.6 Å². The van der Waals surface area contributed by atoms with Gasteiger partial charge < -0.3 is 15.4 Å². The van der Waals surface area contributed by atoms with Crippen molar-refractivity contribution in [2.75, 3.05) is 11.9 Å². The molecule has 0 bridgehead atoms. The van der Waals surface area contributed by atoms with Gasteiger partial charge in [-0.05, 0) is 36.9 Å². The summed E-state index contributed by atoms with van der Waals surface area (Å²) in [4.78, 5) is 25.8. The average Bonchev–Trinajstić information content (AvgIpc) is 3.01. The molecule has 1 aromatic carbocycles. The Labute approximate surface area is 132 Å². The molecule has 114 valence electrons. The van der Waals surface area contributed by atoms with Crippen molar-refractivity contribution in [1.29, 1.82) is 0 Å². The molecule has 22 heavy (non-hydrogen) atoms. The lowest BCUT2D eigenvalue weighted by molar-refractivity contribution is -0.146. The molecule has 5 nitrogen and oxygen atoms in total. The summed E-state index contributed by atoms with van der Waals surface area (Å²) in [5.74, 6) is -0.395. The quantitative estimate of drug-likeness (QED) is 0.850. The maximum absolute atomic E-state index is 12.4. The first-order valence-corrected chi connectivity index (χ1v) is 7.88. The van der Waals surface area contributed by atoms with Gasteiger partial charge in [0.1, 0.15) is 5.75 Å². The van der Waals surface area contributed by atoms with Crippen LogP contribution < -0.4 is 15.4 Å². The fourth-order valence-electron chi connectivity index (χ4n) is 2.24. The number of carbonyl (C=O) groups excluding carboxylic acids is 2. The van der Waals surface area contributed by atoms with Gasteiger partial charge in [0, 0.05) is 11.4 Å². The third-order valence-electron chi connectivity index (χ3n) is 3.55. The molecule has 3 rings (SSSR count). The van der Waals surface area contributed by atoms with Crippen LogP contribution in [0.15, 0.2) is 41.8 Å². The molecule has 0 saturated carbocycles. The highest BCUT2D eigenvalue weighted by atomic mass is 32.1. The number of rotatable bonds is 4. The van der Waals surface area contributed by atoms with E-state index in [1.807, 2.05) is 17.5 Å². The average molecular weight is 316 g/mol. The largest absolute Gasteiger partial charge is 0.466 e. The number of hydrogen-bond acceptors (Lipinski definition) is 4. The molecule has 1 atom stereocenters. The molecule has 0 radical (unpaired) electrons. The first kappa shape index (κ1) is 14.6. The second kappa shape index (κ2) is 5.81. The van der Waals surface area contributed by atoms with E-state index < -0.39 is 17.4 Å². The molecule has 0 saturated heterocycles. The standard InChI is InChI=1S/C16H16N2O3S/c1-16(14(19)17-9-8-11-5-4-10-22-11)15(20)18-12-6-2-3-7-13(12)21-16/h2-7,10H,8-9H2,1H3,(H,17,19)(H,18,20)/t16-/m1/s1. The van der Waals surface area contributed by atoms with Gasteiger partial charge in [-0.25, -0.2) is 0 Å². The van der Waals surface area contributed by atoms with Crippen molar-refractivity contribution in [1.82, 2.24) is 5.32 Å². The van der Waals surface area contributed by atoms with E-state index in [4.69, 9.17) is 4.74 Å². The molecule has 0 unspecified atom stereocenters.